The van der Waals surface area contributed by atoms with Gasteiger partial charge in [-0.1, -0.05) is 26.7 Å². The van der Waals surface area contributed by atoms with E-state index in [2.05, 4.69) is 13.8 Å². The van der Waals surface area contributed by atoms with Crippen LogP contribution in [0.15, 0.2) is 0 Å². The second kappa shape index (κ2) is 5.13. The molecular weight excluding hydrogens is 172 g/mol. The van der Waals surface area contributed by atoms with Crippen molar-refractivity contribution in [2.45, 2.75) is 70.9 Å². The fourth-order valence-corrected chi connectivity index (χ4v) is 2.45. The van der Waals surface area contributed by atoms with Crippen LogP contribution in [0.3, 0.4) is 0 Å². The quantitative estimate of drug-likeness (QED) is 0.628. The number of rotatable bonds is 0. The number of nitrogens with two attached hydrogens (primary N) is 2. The van der Waals surface area contributed by atoms with Crippen LogP contribution in [0.25, 0.3) is 0 Å². The SMILES string of the molecule is CC1(C)CCC(N)CCCCC(N)C1. The lowest BCUT2D eigenvalue weighted by atomic mass is 9.78. The van der Waals surface area contributed by atoms with Gasteiger partial charge in [-0.2, -0.15) is 0 Å². The summed E-state index contributed by atoms with van der Waals surface area (Å²) < 4.78 is 0. The Kier molecular flexibility index (Phi) is 4.39. The van der Waals surface area contributed by atoms with Crippen LogP contribution in [0, 0.1) is 5.41 Å². The predicted molar refractivity (Wildman–Crippen MR) is 62.1 cm³/mol. The molecule has 1 aliphatic rings. The van der Waals surface area contributed by atoms with Crippen molar-refractivity contribution in [2.75, 3.05) is 0 Å². The van der Waals surface area contributed by atoms with Crippen molar-refractivity contribution < 1.29 is 0 Å². The zero-order chi connectivity index (χ0) is 10.6. The maximum atomic E-state index is 6.10. The maximum absolute atomic E-state index is 6.10. The summed E-state index contributed by atoms with van der Waals surface area (Å²) in [5.41, 5.74) is 12.5. The highest BCUT2D eigenvalue weighted by Crippen LogP contribution is 2.31. The molecule has 0 aromatic carbocycles. The van der Waals surface area contributed by atoms with Crippen molar-refractivity contribution in [1.29, 1.82) is 0 Å². The van der Waals surface area contributed by atoms with Crippen LogP contribution in [0.1, 0.15) is 58.8 Å². The lowest BCUT2D eigenvalue weighted by Crippen LogP contribution is -2.31. The maximum Gasteiger partial charge on any atom is 0.00439 e. The highest BCUT2D eigenvalue weighted by atomic mass is 14.6. The van der Waals surface area contributed by atoms with E-state index in [1.165, 1.54) is 38.5 Å². The van der Waals surface area contributed by atoms with Crippen LogP contribution in [0.5, 0.6) is 0 Å². The average Bonchev–Trinajstić information content (AvgIpc) is 2.08. The Morgan fingerprint density at radius 1 is 0.929 bits per heavy atom. The normalized spacial score (nSPS) is 35.1. The summed E-state index contributed by atoms with van der Waals surface area (Å²) in [6.45, 7) is 4.64. The largest absolute Gasteiger partial charge is 0.328 e. The lowest BCUT2D eigenvalue weighted by Gasteiger charge is -2.30. The molecule has 0 bridgehead atoms. The monoisotopic (exact) mass is 198 g/mol. The van der Waals surface area contributed by atoms with Crippen LogP contribution in [-0.4, -0.2) is 12.1 Å². The van der Waals surface area contributed by atoms with Gasteiger partial charge in [0, 0.05) is 12.1 Å². The van der Waals surface area contributed by atoms with E-state index in [0.717, 1.165) is 6.42 Å². The van der Waals surface area contributed by atoms with Crippen LogP contribution >= 0.6 is 0 Å². The smallest absolute Gasteiger partial charge is 0.00439 e. The molecule has 0 heterocycles. The first-order valence-corrected chi connectivity index (χ1v) is 6.01. The molecule has 0 spiro atoms. The van der Waals surface area contributed by atoms with Gasteiger partial charge in [0.25, 0.3) is 0 Å². The Morgan fingerprint density at radius 2 is 1.50 bits per heavy atom. The Bertz CT molecular complexity index is 166. The summed E-state index contributed by atoms with van der Waals surface area (Å²) in [5.74, 6) is 0. The molecule has 0 aromatic heterocycles. The molecular formula is C12H26N2. The van der Waals surface area contributed by atoms with E-state index >= 15 is 0 Å². The van der Waals surface area contributed by atoms with Crippen LogP contribution in [0.2, 0.25) is 0 Å². The van der Waals surface area contributed by atoms with E-state index in [0.29, 0.717) is 17.5 Å². The Morgan fingerprint density at radius 3 is 2.14 bits per heavy atom. The van der Waals surface area contributed by atoms with E-state index in [1.807, 2.05) is 0 Å². The topological polar surface area (TPSA) is 52.0 Å². The second-order valence-corrected chi connectivity index (χ2v) is 5.71. The molecule has 1 rings (SSSR count). The second-order valence-electron chi connectivity index (χ2n) is 5.71. The zero-order valence-electron chi connectivity index (χ0n) is 9.76. The molecule has 0 aliphatic heterocycles. The van der Waals surface area contributed by atoms with E-state index in [1.54, 1.807) is 0 Å². The van der Waals surface area contributed by atoms with Gasteiger partial charge in [-0.05, 0) is 37.5 Å². The molecule has 2 heteroatoms. The lowest BCUT2D eigenvalue weighted by molar-refractivity contribution is 0.248. The third-order valence-electron chi connectivity index (χ3n) is 3.41. The molecule has 2 unspecified atom stereocenters. The minimum absolute atomic E-state index is 0.383. The fourth-order valence-electron chi connectivity index (χ4n) is 2.45. The minimum atomic E-state index is 0.383. The number of hydrogen-bond donors (Lipinski definition) is 2. The molecule has 1 saturated carbocycles. The summed E-state index contributed by atoms with van der Waals surface area (Å²) >= 11 is 0. The van der Waals surface area contributed by atoms with Gasteiger partial charge in [-0.3, -0.25) is 0 Å². The Balaban J connectivity index is 2.47. The molecule has 1 fully saturated rings. The molecule has 1 aliphatic carbocycles. The van der Waals surface area contributed by atoms with E-state index < -0.39 is 0 Å². The highest BCUT2D eigenvalue weighted by Gasteiger charge is 2.23. The van der Waals surface area contributed by atoms with Crippen molar-refractivity contribution in [2.24, 2.45) is 16.9 Å². The Hall–Kier alpha value is -0.0800. The van der Waals surface area contributed by atoms with Crippen molar-refractivity contribution >= 4 is 0 Å². The molecule has 0 radical (unpaired) electrons. The van der Waals surface area contributed by atoms with Gasteiger partial charge in [-0.25, -0.2) is 0 Å². The van der Waals surface area contributed by atoms with Crippen molar-refractivity contribution in [1.82, 2.24) is 0 Å². The van der Waals surface area contributed by atoms with Crippen molar-refractivity contribution in [3.05, 3.63) is 0 Å². The molecule has 0 aromatic rings. The van der Waals surface area contributed by atoms with Gasteiger partial charge in [0.2, 0.25) is 0 Å². The molecule has 2 atom stereocenters. The molecule has 2 nitrogen and oxygen atoms in total. The fraction of sp³-hybridized carbons (Fsp3) is 1.00. The van der Waals surface area contributed by atoms with Gasteiger partial charge in [0.1, 0.15) is 0 Å². The van der Waals surface area contributed by atoms with Crippen molar-refractivity contribution in [3.8, 4) is 0 Å². The van der Waals surface area contributed by atoms with Gasteiger partial charge < -0.3 is 11.5 Å². The van der Waals surface area contributed by atoms with E-state index in [4.69, 9.17) is 11.5 Å². The summed E-state index contributed by atoms with van der Waals surface area (Å²) in [6.07, 6.45) is 8.42. The van der Waals surface area contributed by atoms with Gasteiger partial charge in [0.05, 0.1) is 0 Å². The Labute approximate surface area is 88.4 Å². The zero-order valence-corrected chi connectivity index (χ0v) is 9.76. The molecule has 0 amide bonds. The van der Waals surface area contributed by atoms with Gasteiger partial charge >= 0.3 is 0 Å². The van der Waals surface area contributed by atoms with Crippen molar-refractivity contribution in [3.63, 3.8) is 0 Å². The summed E-state index contributed by atoms with van der Waals surface area (Å²) in [5, 5.41) is 0. The molecule has 0 saturated heterocycles. The standard InChI is InChI=1S/C12H26N2/c1-12(2)8-7-10(13)5-3-4-6-11(14)9-12/h10-11H,3-9,13-14H2,1-2H3. The first-order valence-electron chi connectivity index (χ1n) is 6.01. The van der Waals surface area contributed by atoms with Crippen LogP contribution < -0.4 is 11.5 Å². The highest BCUT2D eigenvalue weighted by molar-refractivity contribution is 4.79. The van der Waals surface area contributed by atoms with E-state index in [9.17, 15) is 0 Å². The summed E-state index contributed by atoms with van der Waals surface area (Å²) in [7, 11) is 0. The van der Waals surface area contributed by atoms with Crippen LogP contribution in [0.4, 0.5) is 0 Å². The summed E-state index contributed by atoms with van der Waals surface area (Å²) in [4.78, 5) is 0. The first kappa shape index (κ1) is 12.0. The third kappa shape index (κ3) is 4.43. The number of hydrogen-bond acceptors (Lipinski definition) is 2. The average molecular weight is 198 g/mol. The third-order valence-corrected chi connectivity index (χ3v) is 3.41. The first-order chi connectivity index (χ1) is 6.49. The van der Waals surface area contributed by atoms with Gasteiger partial charge in [0.15, 0.2) is 0 Å². The summed E-state index contributed by atoms with van der Waals surface area (Å²) in [6, 6.07) is 0.822. The minimum Gasteiger partial charge on any atom is -0.328 e. The van der Waals surface area contributed by atoms with Crippen LogP contribution in [-0.2, 0) is 0 Å². The predicted octanol–water partition coefficient (Wildman–Crippen LogP) is 2.41. The molecule has 14 heavy (non-hydrogen) atoms. The van der Waals surface area contributed by atoms with Gasteiger partial charge in [-0.15, -0.1) is 0 Å². The molecule has 4 N–H and O–H groups in total. The molecule has 84 valence electrons. The van der Waals surface area contributed by atoms with E-state index in [-0.39, 0.29) is 0 Å².